The molecule has 1 aromatic heterocycles. The lowest BCUT2D eigenvalue weighted by Crippen LogP contribution is -2.39. The van der Waals surface area contributed by atoms with Crippen LogP contribution in [0.5, 0.6) is 17.2 Å². The molecule has 1 unspecified atom stereocenters. The molecule has 0 N–H and O–H groups in total. The number of carbonyl (C=O) groups excluding carboxylic acids is 1. The first-order valence-corrected chi connectivity index (χ1v) is 9.55. The lowest BCUT2D eigenvalue weighted by atomic mass is 9.97. The molecule has 2 heterocycles. The summed E-state index contributed by atoms with van der Waals surface area (Å²) in [7, 11) is 4.05. The molecule has 0 aliphatic carbocycles. The van der Waals surface area contributed by atoms with Crippen molar-refractivity contribution in [3.63, 3.8) is 0 Å². The van der Waals surface area contributed by atoms with E-state index in [1.807, 2.05) is 5.38 Å². The fourth-order valence-corrected chi connectivity index (χ4v) is 4.22. The predicted octanol–water partition coefficient (Wildman–Crippen LogP) is 3.10. The molecule has 9 nitrogen and oxygen atoms in total. The van der Waals surface area contributed by atoms with Crippen molar-refractivity contribution in [2.45, 2.75) is 18.8 Å². The minimum Gasteiger partial charge on any atom is -0.493 e. The Morgan fingerprint density at radius 2 is 2.04 bits per heavy atom. The number of nitrogens with zero attached hydrogens (tertiary/aromatic N) is 3. The van der Waals surface area contributed by atoms with Gasteiger partial charge in [0.1, 0.15) is 5.56 Å². The summed E-state index contributed by atoms with van der Waals surface area (Å²) in [6.45, 7) is 0.981. The summed E-state index contributed by atoms with van der Waals surface area (Å²) >= 11 is 1.55. The van der Waals surface area contributed by atoms with Gasteiger partial charge in [-0.2, -0.15) is 0 Å². The summed E-state index contributed by atoms with van der Waals surface area (Å²) in [5, 5.41) is 14.6. The van der Waals surface area contributed by atoms with Crippen LogP contribution in [-0.4, -0.2) is 55.1 Å². The van der Waals surface area contributed by atoms with E-state index >= 15 is 0 Å². The lowest BCUT2D eigenvalue weighted by Gasteiger charge is -2.32. The number of carbonyl (C=O) groups is 1. The number of amides is 1. The molecule has 3 rings (SSSR count). The molecule has 1 saturated heterocycles. The molecular formula is C18H21N3O6S. The van der Waals surface area contributed by atoms with Crippen molar-refractivity contribution in [3.05, 3.63) is 38.3 Å². The van der Waals surface area contributed by atoms with Crippen LogP contribution >= 0.6 is 11.3 Å². The van der Waals surface area contributed by atoms with Gasteiger partial charge < -0.3 is 19.1 Å². The third-order valence-electron chi connectivity index (χ3n) is 4.73. The number of nitro benzene ring substituents is 1. The normalized spacial score (nSPS) is 16.5. The van der Waals surface area contributed by atoms with E-state index in [4.69, 9.17) is 14.2 Å². The van der Waals surface area contributed by atoms with Gasteiger partial charge in [0, 0.05) is 36.7 Å². The fraction of sp³-hybridized carbons (Fsp3) is 0.444. The smallest absolute Gasteiger partial charge is 0.327 e. The second kappa shape index (κ2) is 8.42. The van der Waals surface area contributed by atoms with Gasteiger partial charge >= 0.3 is 5.69 Å². The molecule has 1 aliphatic rings. The molecule has 1 atom stereocenters. The van der Waals surface area contributed by atoms with Crippen LogP contribution in [0.3, 0.4) is 0 Å². The number of piperidine rings is 1. The summed E-state index contributed by atoms with van der Waals surface area (Å²) in [5.74, 6) is -0.177. The van der Waals surface area contributed by atoms with E-state index < -0.39 is 16.5 Å². The predicted molar refractivity (Wildman–Crippen MR) is 103 cm³/mol. The molecule has 0 saturated carbocycles. The lowest BCUT2D eigenvalue weighted by molar-refractivity contribution is -0.386. The summed E-state index contributed by atoms with van der Waals surface area (Å²) in [6, 6.07) is 1.34. The van der Waals surface area contributed by atoms with Crippen molar-refractivity contribution >= 4 is 22.9 Å². The van der Waals surface area contributed by atoms with Crippen LogP contribution in [-0.2, 0) is 0 Å². The van der Waals surface area contributed by atoms with Crippen LogP contribution in [0.25, 0.3) is 0 Å². The Morgan fingerprint density at radius 1 is 1.29 bits per heavy atom. The summed E-state index contributed by atoms with van der Waals surface area (Å²) in [5.41, 5.74) is -0.513. The van der Waals surface area contributed by atoms with Crippen LogP contribution in [0, 0.1) is 10.1 Å². The molecule has 1 aromatic carbocycles. The highest BCUT2D eigenvalue weighted by atomic mass is 32.1. The van der Waals surface area contributed by atoms with E-state index in [2.05, 4.69) is 4.98 Å². The number of benzene rings is 1. The summed E-state index contributed by atoms with van der Waals surface area (Å²) in [6.07, 6.45) is 3.47. The van der Waals surface area contributed by atoms with E-state index in [0.717, 1.165) is 17.8 Å². The van der Waals surface area contributed by atoms with Crippen LogP contribution in [0.15, 0.2) is 17.6 Å². The van der Waals surface area contributed by atoms with Gasteiger partial charge in [-0.25, -0.2) is 4.98 Å². The molecule has 0 spiro atoms. The first-order valence-electron chi connectivity index (χ1n) is 8.67. The van der Waals surface area contributed by atoms with Gasteiger partial charge in [-0.1, -0.05) is 0 Å². The second-order valence-electron chi connectivity index (χ2n) is 6.26. The maximum absolute atomic E-state index is 13.2. The Hall–Kier alpha value is -2.88. The number of thiazole rings is 1. The maximum Gasteiger partial charge on any atom is 0.327 e. The first kappa shape index (κ1) is 19.9. The number of aromatic nitrogens is 1. The molecule has 150 valence electrons. The van der Waals surface area contributed by atoms with E-state index in [1.54, 1.807) is 22.4 Å². The van der Waals surface area contributed by atoms with E-state index in [-0.39, 0.29) is 28.7 Å². The number of hydrogen-bond donors (Lipinski definition) is 0. The topological polar surface area (TPSA) is 104 Å². The molecule has 0 bridgehead atoms. The highest BCUT2D eigenvalue weighted by Gasteiger charge is 2.36. The van der Waals surface area contributed by atoms with E-state index in [1.165, 1.54) is 27.4 Å². The molecule has 0 radical (unpaired) electrons. The Bertz CT molecular complexity index is 871. The van der Waals surface area contributed by atoms with Crippen LogP contribution in [0.4, 0.5) is 5.69 Å². The van der Waals surface area contributed by atoms with Gasteiger partial charge in [-0.05, 0) is 12.8 Å². The Kier molecular flexibility index (Phi) is 5.98. The molecule has 1 aliphatic heterocycles. The number of ether oxygens (including phenoxy) is 3. The van der Waals surface area contributed by atoms with Gasteiger partial charge in [0.05, 0.1) is 31.3 Å². The molecule has 10 heteroatoms. The first-order chi connectivity index (χ1) is 13.5. The van der Waals surface area contributed by atoms with Crippen LogP contribution in [0.1, 0.15) is 34.1 Å². The molecule has 2 aromatic rings. The van der Waals surface area contributed by atoms with Gasteiger partial charge in [0.2, 0.25) is 11.5 Å². The van der Waals surface area contributed by atoms with Crippen molar-refractivity contribution in [1.82, 2.24) is 9.88 Å². The zero-order valence-electron chi connectivity index (χ0n) is 15.8. The quantitative estimate of drug-likeness (QED) is 0.535. The molecule has 1 fully saturated rings. The molecule has 28 heavy (non-hydrogen) atoms. The van der Waals surface area contributed by atoms with Crippen LogP contribution < -0.4 is 14.2 Å². The number of hydrogen-bond acceptors (Lipinski definition) is 8. The van der Waals surface area contributed by atoms with E-state index in [0.29, 0.717) is 13.1 Å². The zero-order chi connectivity index (χ0) is 20.3. The van der Waals surface area contributed by atoms with E-state index in [9.17, 15) is 14.9 Å². The third kappa shape index (κ3) is 3.59. The Balaban J connectivity index is 2.01. The minimum atomic E-state index is -0.629. The van der Waals surface area contributed by atoms with Gasteiger partial charge in [-0.3, -0.25) is 14.9 Å². The second-order valence-corrected chi connectivity index (χ2v) is 7.19. The average molecular weight is 407 g/mol. The van der Waals surface area contributed by atoms with Crippen molar-refractivity contribution in [3.8, 4) is 17.2 Å². The standard InChI is InChI=1S/C18H21N3O6S/c1-25-13-9-12(14(21(23)24)16(27-3)15(13)26-2)18(22)20-7-4-5-11(10-20)17-19-6-8-28-17/h6,8-9,11H,4-5,7,10H2,1-3H3. The highest BCUT2D eigenvalue weighted by Crippen LogP contribution is 2.46. The molecule has 1 amide bonds. The zero-order valence-corrected chi connectivity index (χ0v) is 16.7. The van der Waals surface area contributed by atoms with Gasteiger partial charge in [0.15, 0.2) is 5.75 Å². The number of methoxy groups -OCH3 is 3. The largest absolute Gasteiger partial charge is 0.493 e. The Labute approximate surface area is 166 Å². The Morgan fingerprint density at radius 3 is 2.61 bits per heavy atom. The number of likely N-dealkylation sites (tertiary alicyclic amines) is 1. The van der Waals surface area contributed by atoms with Gasteiger partial charge in [-0.15, -0.1) is 11.3 Å². The van der Waals surface area contributed by atoms with Gasteiger partial charge in [0.25, 0.3) is 5.91 Å². The van der Waals surface area contributed by atoms with Crippen LogP contribution in [0.2, 0.25) is 0 Å². The third-order valence-corrected chi connectivity index (χ3v) is 5.66. The molecular weight excluding hydrogens is 386 g/mol. The van der Waals surface area contributed by atoms with Crippen molar-refractivity contribution < 1.29 is 23.9 Å². The maximum atomic E-state index is 13.2. The summed E-state index contributed by atoms with van der Waals surface area (Å²) in [4.78, 5) is 30.3. The summed E-state index contributed by atoms with van der Waals surface area (Å²) < 4.78 is 15.7. The highest BCUT2D eigenvalue weighted by molar-refractivity contribution is 7.09. The fourth-order valence-electron chi connectivity index (χ4n) is 3.45. The van der Waals surface area contributed by atoms with Crippen molar-refractivity contribution in [1.29, 1.82) is 0 Å². The number of nitro groups is 1. The minimum absolute atomic E-state index is 0.0764. The monoisotopic (exact) mass is 407 g/mol. The van der Waals surface area contributed by atoms with Crippen molar-refractivity contribution in [2.75, 3.05) is 34.4 Å². The van der Waals surface area contributed by atoms with Crippen molar-refractivity contribution in [2.24, 2.45) is 0 Å². The number of rotatable bonds is 6. The average Bonchev–Trinajstić information content (AvgIpc) is 3.26. The SMILES string of the molecule is COc1cc(C(=O)N2CCCC(c3nccs3)C2)c([N+](=O)[O-])c(OC)c1OC.